The number of phosphoric ester groups is 1. The molecule has 1 atom stereocenters. The molecule has 11 heavy (non-hydrogen) atoms. The third-order valence-electron chi connectivity index (χ3n) is 0.636. The van der Waals surface area contributed by atoms with Gasteiger partial charge in [-0.2, -0.15) is 0 Å². The summed E-state index contributed by atoms with van der Waals surface area (Å²) >= 11 is 0. The van der Waals surface area contributed by atoms with Crippen molar-refractivity contribution in [2.75, 3.05) is 13.2 Å². The smallest absolute Gasteiger partial charge is 0.790 e. The zero-order valence-corrected chi connectivity index (χ0v) is 8.78. The molecular formula is C3H7CaO6P. The molecule has 0 amide bonds. The quantitative estimate of drug-likeness (QED) is 0.373. The molecule has 0 fully saturated rings. The molecule has 0 bridgehead atoms. The molecule has 0 aliphatic rings. The van der Waals surface area contributed by atoms with E-state index < -0.39 is 27.1 Å². The minimum Gasteiger partial charge on any atom is -0.790 e. The third-order valence-corrected chi connectivity index (χ3v) is 1.10. The van der Waals surface area contributed by atoms with Gasteiger partial charge in [-0.15, -0.1) is 0 Å². The molecule has 0 radical (unpaired) electrons. The standard InChI is InChI=1S/C3H9O6P.Ca/c4-1-3(5)2-9-10(6,7)8;/h3-5H,1-2H2,(H2,6,7,8);/q;+2/p-2/t3-;/m1./s1. The summed E-state index contributed by atoms with van der Waals surface area (Å²) in [6.45, 7) is -1.33. The van der Waals surface area contributed by atoms with E-state index in [0.717, 1.165) is 0 Å². The van der Waals surface area contributed by atoms with E-state index in [1.54, 1.807) is 0 Å². The van der Waals surface area contributed by atoms with Gasteiger partial charge in [0.15, 0.2) is 0 Å². The van der Waals surface area contributed by atoms with Crippen molar-refractivity contribution in [3.8, 4) is 0 Å². The molecule has 0 unspecified atom stereocenters. The molecular weight excluding hydrogens is 203 g/mol. The number of aliphatic hydroxyl groups excluding tert-OH is 2. The minimum atomic E-state index is -5.00. The second-order valence-corrected chi connectivity index (χ2v) is 2.73. The van der Waals surface area contributed by atoms with E-state index in [2.05, 4.69) is 4.52 Å². The molecule has 0 saturated carbocycles. The normalized spacial score (nSPS) is 13.8. The van der Waals surface area contributed by atoms with Crippen LogP contribution in [0.15, 0.2) is 0 Å². The van der Waals surface area contributed by atoms with E-state index in [-0.39, 0.29) is 37.7 Å². The van der Waals surface area contributed by atoms with Gasteiger partial charge in [-0.25, -0.2) is 0 Å². The fourth-order valence-corrected chi connectivity index (χ4v) is 0.585. The van der Waals surface area contributed by atoms with Gasteiger partial charge in [-0.3, -0.25) is 0 Å². The molecule has 0 aliphatic heterocycles. The summed E-state index contributed by atoms with van der Waals surface area (Å²) in [5, 5.41) is 16.6. The Morgan fingerprint density at radius 1 is 1.55 bits per heavy atom. The predicted molar refractivity (Wildman–Crippen MR) is 32.4 cm³/mol. The predicted octanol–water partition coefficient (Wildman–Crippen LogP) is -3.20. The van der Waals surface area contributed by atoms with Crippen LogP contribution in [0.5, 0.6) is 0 Å². The summed E-state index contributed by atoms with van der Waals surface area (Å²) in [6.07, 6.45) is -1.32. The van der Waals surface area contributed by atoms with Crippen molar-refractivity contribution in [2.24, 2.45) is 0 Å². The molecule has 0 aromatic heterocycles. The summed E-state index contributed by atoms with van der Waals surface area (Å²) in [5.74, 6) is 0. The van der Waals surface area contributed by atoms with Gasteiger partial charge in [-0.05, 0) is 0 Å². The number of aliphatic hydroxyl groups is 2. The topological polar surface area (TPSA) is 113 Å². The zero-order valence-electron chi connectivity index (χ0n) is 5.67. The Balaban J connectivity index is 0. The van der Waals surface area contributed by atoms with Crippen LogP contribution in [-0.2, 0) is 9.09 Å². The maximum atomic E-state index is 9.71. The van der Waals surface area contributed by atoms with Crippen molar-refractivity contribution < 1.29 is 29.1 Å². The van der Waals surface area contributed by atoms with Crippen LogP contribution in [0.25, 0.3) is 0 Å². The van der Waals surface area contributed by atoms with Gasteiger partial charge in [0.1, 0.15) is 6.10 Å². The van der Waals surface area contributed by atoms with Crippen LogP contribution in [-0.4, -0.2) is 67.3 Å². The molecule has 62 valence electrons. The van der Waals surface area contributed by atoms with Gasteiger partial charge < -0.3 is 29.1 Å². The van der Waals surface area contributed by atoms with Crippen LogP contribution in [0, 0.1) is 0 Å². The second-order valence-electron chi connectivity index (χ2n) is 1.58. The van der Waals surface area contributed by atoms with Crippen LogP contribution >= 0.6 is 7.82 Å². The fourth-order valence-electron chi connectivity index (χ4n) is 0.230. The van der Waals surface area contributed by atoms with E-state index in [0.29, 0.717) is 0 Å². The van der Waals surface area contributed by atoms with Crippen molar-refractivity contribution >= 4 is 45.6 Å². The van der Waals surface area contributed by atoms with Crippen LogP contribution in [0.3, 0.4) is 0 Å². The Hall–Kier alpha value is 1.29. The van der Waals surface area contributed by atoms with E-state index in [1.165, 1.54) is 0 Å². The van der Waals surface area contributed by atoms with Crippen LogP contribution in [0.2, 0.25) is 0 Å². The van der Waals surface area contributed by atoms with Crippen LogP contribution in [0.4, 0.5) is 0 Å². The summed E-state index contributed by atoms with van der Waals surface area (Å²) < 4.78 is 13.3. The molecule has 0 rings (SSSR count). The van der Waals surface area contributed by atoms with Gasteiger partial charge in [0.25, 0.3) is 0 Å². The summed E-state index contributed by atoms with van der Waals surface area (Å²) in [4.78, 5) is 19.4. The van der Waals surface area contributed by atoms with Crippen LogP contribution < -0.4 is 9.79 Å². The zero-order chi connectivity index (χ0) is 8.20. The van der Waals surface area contributed by atoms with Crippen molar-refractivity contribution in [3.05, 3.63) is 0 Å². The molecule has 0 spiro atoms. The number of rotatable bonds is 4. The van der Waals surface area contributed by atoms with Crippen LogP contribution in [0.1, 0.15) is 0 Å². The minimum absolute atomic E-state index is 0. The first kappa shape index (κ1) is 14.8. The van der Waals surface area contributed by atoms with Crippen molar-refractivity contribution in [1.82, 2.24) is 0 Å². The van der Waals surface area contributed by atoms with Gasteiger partial charge in [0, 0.05) is 0 Å². The molecule has 2 N–H and O–H groups in total. The fraction of sp³-hybridized carbons (Fsp3) is 1.00. The molecule has 0 heterocycles. The first-order valence-corrected chi connectivity index (χ1v) is 3.87. The van der Waals surface area contributed by atoms with E-state index in [9.17, 15) is 14.4 Å². The molecule has 0 aromatic rings. The summed E-state index contributed by atoms with van der Waals surface area (Å²) in [5.41, 5.74) is 0. The number of hydrogen-bond donors (Lipinski definition) is 2. The Morgan fingerprint density at radius 2 is 2.00 bits per heavy atom. The second kappa shape index (κ2) is 6.77. The SMILES string of the molecule is O=P([O-])([O-])OC[C@H](O)CO.[Ca+2]. The maximum absolute atomic E-state index is 9.71. The van der Waals surface area contributed by atoms with Gasteiger partial charge >= 0.3 is 37.7 Å². The van der Waals surface area contributed by atoms with Crippen molar-refractivity contribution in [1.29, 1.82) is 0 Å². The monoisotopic (exact) mass is 210 g/mol. The van der Waals surface area contributed by atoms with Gasteiger partial charge in [0.2, 0.25) is 0 Å². The van der Waals surface area contributed by atoms with E-state index >= 15 is 0 Å². The van der Waals surface area contributed by atoms with Gasteiger partial charge in [0.05, 0.1) is 21.0 Å². The first-order valence-electron chi connectivity index (χ1n) is 2.41. The third kappa shape index (κ3) is 11.3. The Kier molecular flexibility index (Phi) is 9.10. The maximum Gasteiger partial charge on any atom is 2.00 e. The average molecular weight is 210 g/mol. The molecule has 0 aliphatic carbocycles. The average Bonchev–Trinajstić information content (AvgIpc) is 1.81. The molecule has 8 heteroatoms. The Labute approximate surface area is 93.4 Å². The Morgan fingerprint density at radius 3 is 2.27 bits per heavy atom. The van der Waals surface area contributed by atoms with E-state index in [1.807, 2.05) is 0 Å². The first-order chi connectivity index (χ1) is 4.45. The largest absolute Gasteiger partial charge is 2.00 e. The Bertz CT molecular complexity index is 134. The molecule has 6 nitrogen and oxygen atoms in total. The number of phosphoric acid groups is 1. The summed E-state index contributed by atoms with van der Waals surface area (Å²) in [6, 6.07) is 0. The molecule has 0 saturated heterocycles. The molecule has 0 aromatic carbocycles. The van der Waals surface area contributed by atoms with Crippen molar-refractivity contribution in [3.63, 3.8) is 0 Å². The van der Waals surface area contributed by atoms with Gasteiger partial charge in [-0.1, -0.05) is 0 Å². The van der Waals surface area contributed by atoms with E-state index in [4.69, 9.17) is 10.2 Å². The number of hydrogen-bond acceptors (Lipinski definition) is 6. The van der Waals surface area contributed by atoms with Crippen molar-refractivity contribution in [2.45, 2.75) is 6.10 Å². The summed E-state index contributed by atoms with van der Waals surface area (Å²) in [7, 11) is -5.00.